The summed E-state index contributed by atoms with van der Waals surface area (Å²) in [6, 6.07) is 1.93. The first-order chi connectivity index (χ1) is 7.66. The van der Waals surface area contributed by atoms with Crippen molar-refractivity contribution in [3.8, 4) is 0 Å². The Kier molecular flexibility index (Phi) is 3.38. The molecule has 0 spiro atoms. The minimum Gasteiger partial charge on any atom is -0.366 e. The molecule has 0 amide bonds. The highest BCUT2D eigenvalue weighted by molar-refractivity contribution is 9.10. The average molecular weight is 286 g/mol. The molecule has 5 nitrogen and oxygen atoms in total. The highest BCUT2D eigenvalue weighted by Gasteiger charge is 2.17. The Morgan fingerprint density at radius 2 is 2.19 bits per heavy atom. The molecular formula is C10H12BrN3O2. The zero-order valence-corrected chi connectivity index (χ0v) is 10.2. The molecule has 0 aromatic carbocycles. The van der Waals surface area contributed by atoms with Gasteiger partial charge in [-0.2, -0.15) is 0 Å². The highest BCUT2D eigenvalue weighted by atomic mass is 79.9. The van der Waals surface area contributed by atoms with Gasteiger partial charge in [-0.25, -0.2) is 4.98 Å². The minimum absolute atomic E-state index is 0.00356. The van der Waals surface area contributed by atoms with Gasteiger partial charge in [0.05, 0.1) is 9.40 Å². The second-order valence-electron chi connectivity index (χ2n) is 3.91. The third-order valence-electron chi connectivity index (χ3n) is 2.73. The molecule has 1 aromatic heterocycles. The zero-order valence-electron chi connectivity index (χ0n) is 8.65. The van der Waals surface area contributed by atoms with Crippen LogP contribution in [0.5, 0.6) is 0 Å². The van der Waals surface area contributed by atoms with Crippen molar-refractivity contribution < 1.29 is 4.92 Å². The van der Waals surface area contributed by atoms with E-state index in [0.29, 0.717) is 16.3 Å². The molecule has 0 atom stereocenters. The van der Waals surface area contributed by atoms with Crippen molar-refractivity contribution in [3.05, 3.63) is 26.9 Å². The van der Waals surface area contributed by atoms with Crippen LogP contribution in [0.4, 0.5) is 11.5 Å². The van der Waals surface area contributed by atoms with Crippen LogP contribution < -0.4 is 5.32 Å². The molecular weight excluding hydrogens is 274 g/mol. The quantitative estimate of drug-likeness (QED) is 0.684. The average Bonchev–Trinajstić information content (AvgIpc) is 2.73. The summed E-state index contributed by atoms with van der Waals surface area (Å²) in [5.41, 5.74) is 0.00356. The van der Waals surface area contributed by atoms with Crippen molar-refractivity contribution in [2.45, 2.75) is 31.7 Å². The lowest BCUT2D eigenvalue weighted by Gasteiger charge is -2.13. The Morgan fingerprint density at radius 1 is 1.50 bits per heavy atom. The van der Waals surface area contributed by atoms with Crippen LogP contribution in [0.1, 0.15) is 25.7 Å². The van der Waals surface area contributed by atoms with E-state index >= 15 is 0 Å². The molecule has 1 N–H and O–H groups in total. The molecule has 0 bridgehead atoms. The van der Waals surface area contributed by atoms with Crippen molar-refractivity contribution in [1.82, 2.24) is 4.98 Å². The predicted molar refractivity (Wildman–Crippen MR) is 64.5 cm³/mol. The summed E-state index contributed by atoms with van der Waals surface area (Å²) in [5.74, 6) is 0.692. The molecule has 0 unspecified atom stereocenters. The zero-order chi connectivity index (χ0) is 11.5. The monoisotopic (exact) mass is 285 g/mol. The highest BCUT2D eigenvalue weighted by Crippen LogP contribution is 2.28. The maximum Gasteiger partial charge on any atom is 0.288 e. The van der Waals surface area contributed by atoms with E-state index in [1.165, 1.54) is 25.1 Å². The summed E-state index contributed by atoms with van der Waals surface area (Å²) >= 11 is 3.29. The van der Waals surface area contributed by atoms with E-state index in [0.717, 1.165) is 12.8 Å². The largest absolute Gasteiger partial charge is 0.366 e. The fourth-order valence-electron chi connectivity index (χ4n) is 1.90. The van der Waals surface area contributed by atoms with Gasteiger partial charge in [-0.3, -0.25) is 10.1 Å². The first-order valence-corrected chi connectivity index (χ1v) is 6.02. The summed E-state index contributed by atoms with van der Waals surface area (Å²) in [4.78, 5) is 14.1. The molecule has 2 rings (SSSR count). The number of rotatable bonds is 3. The van der Waals surface area contributed by atoms with Crippen molar-refractivity contribution in [1.29, 1.82) is 0 Å². The second kappa shape index (κ2) is 4.78. The van der Waals surface area contributed by atoms with Gasteiger partial charge in [0.15, 0.2) is 0 Å². The van der Waals surface area contributed by atoms with E-state index in [4.69, 9.17) is 0 Å². The van der Waals surface area contributed by atoms with E-state index < -0.39 is 4.92 Å². The molecule has 6 heteroatoms. The van der Waals surface area contributed by atoms with Crippen LogP contribution in [0.2, 0.25) is 0 Å². The summed E-state index contributed by atoms with van der Waals surface area (Å²) in [5, 5.41) is 13.8. The number of hydrogen-bond acceptors (Lipinski definition) is 4. The van der Waals surface area contributed by atoms with Crippen LogP contribution in [0.25, 0.3) is 0 Å². The fourth-order valence-corrected chi connectivity index (χ4v) is 2.35. The van der Waals surface area contributed by atoms with Gasteiger partial charge in [0.25, 0.3) is 5.69 Å². The number of pyridine rings is 1. The van der Waals surface area contributed by atoms with Crippen LogP contribution in [0, 0.1) is 10.1 Å². The number of halogens is 1. The van der Waals surface area contributed by atoms with E-state index in [1.54, 1.807) is 0 Å². The lowest BCUT2D eigenvalue weighted by atomic mass is 10.2. The molecule has 0 radical (unpaired) electrons. The van der Waals surface area contributed by atoms with Gasteiger partial charge in [0.2, 0.25) is 0 Å². The summed E-state index contributed by atoms with van der Waals surface area (Å²) in [6.45, 7) is 0. The third-order valence-corrected chi connectivity index (χ3v) is 3.34. The molecule has 0 aliphatic heterocycles. The van der Waals surface area contributed by atoms with Gasteiger partial charge < -0.3 is 5.32 Å². The third kappa shape index (κ3) is 2.49. The van der Waals surface area contributed by atoms with Crippen molar-refractivity contribution >= 4 is 27.4 Å². The van der Waals surface area contributed by atoms with Crippen LogP contribution in [0.15, 0.2) is 16.7 Å². The molecule has 1 aliphatic rings. The molecule has 1 heterocycles. The molecule has 16 heavy (non-hydrogen) atoms. The van der Waals surface area contributed by atoms with E-state index in [-0.39, 0.29) is 5.69 Å². The Hall–Kier alpha value is -1.17. The molecule has 1 aliphatic carbocycles. The van der Waals surface area contributed by atoms with Gasteiger partial charge in [-0.15, -0.1) is 0 Å². The van der Waals surface area contributed by atoms with Gasteiger partial charge in [0, 0.05) is 12.1 Å². The Labute approximate surface area is 102 Å². The predicted octanol–water partition coefficient (Wildman–Crippen LogP) is 3.11. The lowest BCUT2D eigenvalue weighted by Crippen LogP contribution is -2.15. The van der Waals surface area contributed by atoms with Crippen molar-refractivity contribution in [3.63, 3.8) is 0 Å². The van der Waals surface area contributed by atoms with Crippen LogP contribution in [-0.2, 0) is 0 Å². The smallest absolute Gasteiger partial charge is 0.288 e. The van der Waals surface area contributed by atoms with E-state index in [1.807, 2.05) is 0 Å². The second-order valence-corrected chi connectivity index (χ2v) is 4.76. The number of nitrogens with zero attached hydrogens (tertiary/aromatic N) is 2. The van der Waals surface area contributed by atoms with Gasteiger partial charge in [0.1, 0.15) is 12.0 Å². The number of anilines is 1. The van der Waals surface area contributed by atoms with E-state index in [9.17, 15) is 10.1 Å². The minimum atomic E-state index is -0.447. The van der Waals surface area contributed by atoms with E-state index in [2.05, 4.69) is 26.2 Å². The van der Waals surface area contributed by atoms with Gasteiger partial charge in [-0.05, 0) is 28.8 Å². The summed E-state index contributed by atoms with van der Waals surface area (Å²) in [6.07, 6.45) is 6.04. The molecule has 1 saturated carbocycles. The molecule has 1 fully saturated rings. The summed E-state index contributed by atoms with van der Waals surface area (Å²) in [7, 11) is 0. The first-order valence-electron chi connectivity index (χ1n) is 5.23. The van der Waals surface area contributed by atoms with Crippen molar-refractivity contribution in [2.24, 2.45) is 0 Å². The standard InChI is InChI=1S/C10H12BrN3O2/c11-9-5-8(14(15)16)6-12-10(9)13-7-3-1-2-4-7/h5-7H,1-4H2,(H,12,13). The SMILES string of the molecule is O=[N+]([O-])c1cnc(NC2CCCC2)c(Br)c1. The first kappa shape index (κ1) is 11.3. The maximum absolute atomic E-state index is 10.5. The Balaban J connectivity index is 2.12. The fraction of sp³-hybridized carbons (Fsp3) is 0.500. The van der Waals surface area contributed by atoms with Gasteiger partial charge >= 0.3 is 0 Å². The number of hydrogen-bond donors (Lipinski definition) is 1. The number of nitro groups is 1. The summed E-state index contributed by atoms with van der Waals surface area (Å²) < 4.78 is 0.647. The lowest BCUT2D eigenvalue weighted by molar-refractivity contribution is -0.385. The molecule has 0 saturated heterocycles. The molecule has 1 aromatic rings. The Bertz CT molecular complexity index is 405. The van der Waals surface area contributed by atoms with Gasteiger partial charge in [-0.1, -0.05) is 12.8 Å². The number of nitrogens with one attached hydrogen (secondary N) is 1. The molecule has 86 valence electrons. The Morgan fingerprint density at radius 3 is 2.75 bits per heavy atom. The maximum atomic E-state index is 10.5. The topological polar surface area (TPSA) is 68.1 Å². The normalized spacial score (nSPS) is 16.3. The van der Waals surface area contributed by atoms with Crippen LogP contribution in [-0.4, -0.2) is 15.9 Å². The van der Waals surface area contributed by atoms with Crippen molar-refractivity contribution in [2.75, 3.05) is 5.32 Å². The van der Waals surface area contributed by atoms with Crippen LogP contribution in [0.3, 0.4) is 0 Å². The number of aromatic nitrogens is 1. The van der Waals surface area contributed by atoms with Crippen LogP contribution >= 0.6 is 15.9 Å².